The number of fused-ring (bicyclic) bond motifs is 2. The van der Waals surface area contributed by atoms with Gasteiger partial charge in [0.2, 0.25) is 0 Å². The van der Waals surface area contributed by atoms with E-state index in [0.29, 0.717) is 12.0 Å². The number of hydrogen-bond acceptors (Lipinski definition) is 2. The molecule has 2 atom stereocenters. The van der Waals surface area contributed by atoms with Gasteiger partial charge in [-0.3, -0.25) is 0 Å². The first kappa shape index (κ1) is 7.34. The standard InChI is InChI=1S/C10H16O2/c1-7-10(11-7)8-3-5-9(2,12-10)6-4-8/h7-8H,3-6H2,1-2H3. The van der Waals surface area contributed by atoms with Crippen LogP contribution in [0.5, 0.6) is 0 Å². The predicted molar refractivity (Wildman–Crippen MR) is 44.7 cm³/mol. The highest BCUT2D eigenvalue weighted by Crippen LogP contribution is 2.58. The molecule has 0 aromatic heterocycles. The Hall–Kier alpha value is -0.0800. The van der Waals surface area contributed by atoms with E-state index in [0.717, 1.165) is 0 Å². The summed E-state index contributed by atoms with van der Waals surface area (Å²) in [5.41, 5.74) is 0.138. The Balaban J connectivity index is 1.92. The fourth-order valence-electron chi connectivity index (χ4n) is 2.98. The molecule has 4 aliphatic rings. The second kappa shape index (κ2) is 1.88. The van der Waals surface area contributed by atoms with E-state index in [-0.39, 0.29) is 11.4 Å². The van der Waals surface area contributed by atoms with Crippen LogP contribution in [0.3, 0.4) is 0 Å². The monoisotopic (exact) mass is 168 g/mol. The lowest BCUT2D eigenvalue weighted by Crippen LogP contribution is -2.51. The minimum atomic E-state index is -0.134. The second-order valence-corrected chi connectivity index (χ2v) is 4.81. The lowest BCUT2D eigenvalue weighted by molar-refractivity contribution is -0.239. The first-order valence-electron chi connectivity index (χ1n) is 5.03. The zero-order chi connectivity index (χ0) is 8.40. The van der Waals surface area contributed by atoms with Gasteiger partial charge in [0, 0.05) is 5.92 Å². The van der Waals surface area contributed by atoms with Crippen molar-refractivity contribution in [1.82, 2.24) is 0 Å². The Bertz CT molecular complexity index is 218. The highest BCUT2D eigenvalue weighted by Gasteiger charge is 2.67. The fourth-order valence-corrected chi connectivity index (χ4v) is 2.98. The maximum atomic E-state index is 6.06. The average molecular weight is 168 g/mol. The summed E-state index contributed by atoms with van der Waals surface area (Å²) in [6.07, 6.45) is 5.43. The van der Waals surface area contributed by atoms with Gasteiger partial charge in [0.05, 0.1) is 5.60 Å². The highest BCUT2D eigenvalue weighted by molar-refractivity contribution is 5.07. The van der Waals surface area contributed by atoms with Crippen LogP contribution in [0.25, 0.3) is 0 Å². The molecule has 2 nitrogen and oxygen atoms in total. The van der Waals surface area contributed by atoms with Gasteiger partial charge in [-0.15, -0.1) is 0 Å². The highest BCUT2D eigenvalue weighted by atomic mass is 16.8. The zero-order valence-corrected chi connectivity index (χ0v) is 7.80. The minimum Gasteiger partial charge on any atom is -0.341 e. The summed E-state index contributed by atoms with van der Waals surface area (Å²) in [5.74, 6) is 0.556. The second-order valence-electron chi connectivity index (χ2n) is 4.81. The van der Waals surface area contributed by atoms with E-state index >= 15 is 0 Å². The minimum absolute atomic E-state index is 0.134. The number of rotatable bonds is 0. The third-order valence-corrected chi connectivity index (χ3v) is 3.89. The molecule has 2 unspecified atom stereocenters. The van der Waals surface area contributed by atoms with Crippen molar-refractivity contribution in [3.05, 3.63) is 0 Å². The van der Waals surface area contributed by atoms with Crippen LogP contribution in [0.15, 0.2) is 0 Å². The molecule has 1 aliphatic carbocycles. The first-order valence-corrected chi connectivity index (χ1v) is 5.03. The molecule has 0 aromatic carbocycles. The van der Waals surface area contributed by atoms with Gasteiger partial charge in [-0.2, -0.15) is 0 Å². The Morgan fingerprint density at radius 1 is 1.25 bits per heavy atom. The van der Waals surface area contributed by atoms with E-state index in [9.17, 15) is 0 Å². The summed E-state index contributed by atoms with van der Waals surface area (Å²) >= 11 is 0. The Kier molecular flexibility index (Phi) is 1.15. The molecule has 68 valence electrons. The summed E-state index contributed by atoms with van der Waals surface area (Å²) in [5, 5.41) is 0. The molecule has 3 aliphatic heterocycles. The average Bonchev–Trinajstić information content (AvgIpc) is 2.61. The molecular formula is C10H16O2. The third kappa shape index (κ3) is 0.728. The van der Waals surface area contributed by atoms with Gasteiger partial charge in [-0.05, 0) is 39.5 Å². The molecule has 0 radical (unpaired) electrons. The van der Waals surface area contributed by atoms with Crippen molar-refractivity contribution in [3.8, 4) is 0 Å². The Labute approximate surface area is 73.2 Å². The van der Waals surface area contributed by atoms with E-state index in [1.165, 1.54) is 25.7 Å². The molecular weight excluding hydrogens is 152 g/mol. The van der Waals surface area contributed by atoms with Crippen LogP contribution in [-0.2, 0) is 9.47 Å². The molecule has 4 fully saturated rings. The number of ether oxygens (including phenoxy) is 2. The van der Waals surface area contributed by atoms with E-state index in [2.05, 4.69) is 13.8 Å². The van der Waals surface area contributed by atoms with Crippen molar-refractivity contribution in [2.75, 3.05) is 0 Å². The van der Waals surface area contributed by atoms with Crippen molar-refractivity contribution < 1.29 is 9.47 Å². The van der Waals surface area contributed by atoms with Crippen LogP contribution >= 0.6 is 0 Å². The Morgan fingerprint density at radius 2 is 1.83 bits per heavy atom. The van der Waals surface area contributed by atoms with Crippen molar-refractivity contribution in [1.29, 1.82) is 0 Å². The fraction of sp³-hybridized carbons (Fsp3) is 1.00. The van der Waals surface area contributed by atoms with E-state index in [1.807, 2.05) is 0 Å². The van der Waals surface area contributed by atoms with Crippen molar-refractivity contribution in [2.45, 2.75) is 57.0 Å². The molecule has 2 heteroatoms. The molecule has 0 amide bonds. The van der Waals surface area contributed by atoms with E-state index in [1.54, 1.807) is 0 Å². The van der Waals surface area contributed by atoms with Gasteiger partial charge < -0.3 is 9.47 Å². The Morgan fingerprint density at radius 3 is 2.17 bits per heavy atom. The summed E-state index contributed by atoms with van der Waals surface area (Å²) < 4.78 is 11.7. The van der Waals surface area contributed by atoms with Crippen molar-refractivity contribution in [2.24, 2.45) is 5.92 Å². The number of hydrogen-bond donors (Lipinski definition) is 0. The van der Waals surface area contributed by atoms with Crippen molar-refractivity contribution in [3.63, 3.8) is 0 Å². The number of epoxide rings is 1. The van der Waals surface area contributed by atoms with Gasteiger partial charge in [0.15, 0.2) is 5.79 Å². The maximum absolute atomic E-state index is 6.06. The molecule has 4 rings (SSSR count). The van der Waals surface area contributed by atoms with E-state index < -0.39 is 0 Å². The quantitative estimate of drug-likeness (QED) is 0.516. The SMILES string of the molecule is CC1OC12OC1(C)CCC2CC1. The molecule has 2 bridgehead atoms. The summed E-state index contributed by atoms with van der Waals surface area (Å²) in [7, 11) is 0. The lowest BCUT2D eigenvalue weighted by atomic mass is 9.73. The molecule has 3 saturated heterocycles. The van der Waals surface area contributed by atoms with Crippen LogP contribution in [0, 0.1) is 5.92 Å². The zero-order valence-electron chi connectivity index (χ0n) is 7.80. The van der Waals surface area contributed by atoms with Crippen LogP contribution in [0.4, 0.5) is 0 Å². The third-order valence-electron chi connectivity index (χ3n) is 3.89. The molecule has 12 heavy (non-hydrogen) atoms. The maximum Gasteiger partial charge on any atom is 0.198 e. The van der Waals surface area contributed by atoms with E-state index in [4.69, 9.17) is 9.47 Å². The molecule has 1 saturated carbocycles. The normalized spacial score (nSPS) is 62.5. The lowest BCUT2D eigenvalue weighted by Gasteiger charge is -2.48. The topological polar surface area (TPSA) is 21.8 Å². The largest absolute Gasteiger partial charge is 0.341 e. The van der Waals surface area contributed by atoms with Gasteiger partial charge >= 0.3 is 0 Å². The molecule has 3 heterocycles. The first-order chi connectivity index (χ1) is 5.65. The van der Waals surface area contributed by atoms with Gasteiger partial charge in [-0.1, -0.05) is 0 Å². The molecule has 0 N–H and O–H groups in total. The van der Waals surface area contributed by atoms with Gasteiger partial charge in [0.1, 0.15) is 6.10 Å². The van der Waals surface area contributed by atoms with Gasteiger partial charge in [-0.25, -0.2) is 0 Å². The van der Waals surface area contributed by atoms with Crippen LogP contribution in [0.1, 0.15) is 39.5 Å². The molecule has 0 aromatic rings. The van der Waals surface area contributed by atoms with Crippen molar-refractivity contribution >= 4 is 0 Å². The summed E-state index contributed by atoms with van der Waals surface area (Å²) in [6.45, 7) is 4.36. The van der Waals surface area contributed by atoms with Gasteiger partial charge in [0.25, 0.3) is 0 Å². The van der Waals surface area contributed by atoms with Crippen LogP contribution in [0.2, 0.25) is 0 Å². The predicted octanol–water partition coefficient (Wildman–Crippen LogP) is 2.08. The molecule has 1 spiro atoms. The summed E-state index contributed by atoms with van der Waals surface area (Å²) in [4.78, 5) is 0. The smallest absolute Gasteiger partial charge is 0.198 e. The van der Waals surface area contributed by atoms with Crippen LogP contribution < -0.4 is 0 Å². The van der Waals surface area contributed by atoms with Crippen LogP contribution in [-0.4, -0.2) is 17.5 Å². The summed E-state index contributed by atoms with van der Waals surface area (Å²) in [6, 6.07) is 0.